The highest BCUT2D eigenvalue weighted by Gasteiger charge is 2.29. The van der Waals surface area contributed by atoms with E-state index in [1.165, 1.54) is 0 Å². The quantitative estimate of drug-likeness (QED) is 0.888. The Balaban J connectivity index is 2.23. The molecule has 0 bridgehead atoms. The molecule has 0 aromatic heterocycles. The highest BCUT2D eigenvalue weighted by atomic mass is 32.2. The van der Waals surface area contributed by atoms with E-state index in [1.807, 2.05) is 0 Å². The van der Waals surface area contributed by atoms with Gasteiger partial charge in [-0.25, -0.2) is 21.9 Å². The molecule has 1 aliphatic rings. The molecule has 0 spiro atoms. The summed E-state index contributed by atoms with van der Waals surface area (Å²) in [5.41, 5.74) is 0. The maximum absolute atomic E-state index is 13.5. The second-order valence-electron chi connectivity index (χ2n) is 4.69. The van der Waals surface area contributed by atoms with Crippen LogP contribution in [-0.2, 0) is 10.0 Å². The highest BCUT2D eigenvalue weighted by Crippen LogP contribution is 2.23. The van der Waals surface area contributed by atoms with Gasteiger partial charge in [0.1, 0.15) is 11.6 Å². The van der Waals surface area contributed by atoms with Gasteiger partial charge in [0.2, 0.25) is 10.0 Å². The van der Waals surface area contributed by atoms with Gasteiger partial charge in [-0.15, -0.1) is 0 Å². The number of benzene rings is 1. The fourth-order valence-corrected chi connectivity index (χ4v) is 3.71. The Labute approximate surface area is 110 Å². The number of rotatable bonds is 3. The zero-order valence-electron chi connectivity index (χ0n) is 10.1. The van der Waals surface area contributed by atoms with E-state index < -0.39 is 38.7 Å². The Kier molecular flexibility index (Phi) is 4.17. The van der Waals surface area contributed by atoms with Crippen molar-refractivity contribution in [3.63, 3.8) is 0 Å². The van der Waals surface area contributed by atoms with Crippen molar-refractivity contribution >= 4 is 10.0 Å². The predicted octanol–water partition coefficient (Wildman–Crippen LogP) is 1.55. The maximum Gasteiger partial charge on any atom is 0.246 e. The van der Waals surface area contributed by atoms with Crippen molar-refractivity contribution in [1.29, 1.82) is 0 Å². The first-order chi connectivity index (χ1) is 8.90. The molecule has 19 heavy (non-hydrogen) atoms. The third-order valence-corrected chi connectivity index (χ3v) is 4.73. The molecule has 2 unspecified atom stereocenters. The zero-order valence-corrected chi connectivity index (χ0v) is 11.0. The van der Waals surface area contributed by atoms with E-state index in [2.05, 4.69) is 4.72 Å². The van der Waals surface area contributed by atoms with E-state index in [-0.39, 0.29) is 6.42 Å². The average molecular weight is 291 g/mol. The molecule has 0 radical (unpaired) electrons. The summed E-state index contributed by atoms with van der Waals surface area (Å²) >= 11 is 0. The Hall–Kier alpha value is -1.05. The molecule has 2 N–H and O–H groups in total. The van der Waals surface area contributed by atoms with E-state index >= 15 is 0 Å². The van der Waals surface area contributed by atoms with Gasteiger partial charge in [-0.3, -0.25) is 0 Å². The second-order valence-corrected chi connectivity index (χ2v) is 6.34. The van der Waals surface area contributed by atoms with Gasteiger partial charge in [-0.05, 0) is 37.8 Å². The van der Waals surface area contributed by atoms with Crippen LogP contribution < -0.4 is 4.72 Å². The summed E-state index contributed by atoms with van der Waals surface area (Å²) in [7, 11) is -4.26. The number of aliphatic hydroxyl groups is 1. The summed E-state index contributed by atoms with van der Waals surface area (Å²) in [6.45, 7) is 0. The summed E-state index contributed by atoms with van der Waals surface area (Å²) < 4.78 is 53.1. The molecule has 1 aliphatic carbocycles. The van der Waals surface area contributed by atoms with Gasteiger partial charge in [0, 0.05) is 6.04 Å². The minimum atomic E-state index is -4.26. The lowest BCUT2D eigenvalue weighted by Crippen LogP contribution is -2.40. The van der Waals surface area contributed by atoms with Crippen molar-refractivity contribution in [3.05, 3.63) is 29.8 Å². The molecule has 1 aromatic rings. The maximum atomic E-state index is 13.5. The molecule has 1 aromatic carbocycles. The molecule has 2 atom stereocenters. The van der Waals surface area contributed by atoms with Crippen LogP contribution in [0.2, 0.25) is 0 Å². The Morgan fingerprint density at radius 2 is 1.84 bits per heavy atom. The van der Waals surface area contributed by atoms with E-state index in [0.717, 1.165) is 18.2 Å². The van der Waals surface area contributed by atoms with E-state index in [1.54, 1.807) is 0 Å². The van der Waals surface area contributed by atoms with Gasteiger partial charge in [0.05, 0.1) is 6.10 Å². The topological polar surface area (TPSA) is 66.4 Å². The van der Waals surface area contributed by atoms with Gasteiger partial charge in [-0.1, -0.05) is 6.07 Å². The van der Waals surface area contributed by atoms with Crippen molar-refractivity contribution in [2.24, 2.45) is 0 Å². The fourth-order valence-electron chi connectivity index (χ4n) is 2.29. The highest BCUT2D eigenvalue weighted by molar-refractivity contribution is 7.89. The number of sulfonamides is 1. The monoisotopic (exact) mass is 291 g/mol. The SMILES string of the molecule is O=S(=O)(NC1CCCC(O)C1)c1c(F)cccc1F. The first-order valence-corrected chi connectivity index (χ1v) is 7.53. The predicted molar refractivity (Wildman–Crippen MR) is 64.9 cm³/mol. The lowest BCUT2D eigenvalue weighted by Gasteiger charge is -2.26. The summed E-state index contributed by atoms with van der Waals surface area (Å²) in [6.07, 6.45) is 1.52. The minimum Gasteiger partial charge on any atom is -0.393 e. The van der Waals surface area contributed by atoms with Gasteiger partial charge < -0.3 is 5.11 Å². The number of hydrogen-bond donors (Lipinski definition) is 2. The molecule has 0 heterocycles. The normalized spacial score (nSPS) is 24.4. The molecule has 0 saturated heterocycles. The van der Waals surface area contributed by atoms with Crippen LogP contribution >= 0.6 is 0 Å². The van der Waals surface area contributed by atoms with Crippen LogP contribution in [0.3, 0.4) is 0 Å². The van der Waals surface area contributed by atoms with E-state index in [9.17, 15) is 22.3 Å². The minimum absolute atomic E-state index is 0.259. The van der Waals surface area contributed by atoms with Crippen molar-refractivity contribution in [1.82, 2.24) is 4.72 Å². The summed E-state index contributed by atoms with van der Waals surface area (Å²) in [5.74, 6) is -2.24. The Morgan fingerprint density at radius 3 is 2.42 bits per heavy atom. The van der Waals surface area contributed by atoms with Gasteiger partial charge in [0.25, 0.3) is 0 Å². The smallest absolute Gasteiger partial charge is 0.246 e. The lowest BCUT2D eigenvalue weighted by atomic mass is 9.94. The van der Waals surface area contributed by atoms with Crippen LogP contribution in [0.5, 0.6) is 0 Å². The van der Waals surface area contributed by atoms with E-state index in [4.69, 9.17) is 0 Å². The molecule has 7 heteroatoms. The zero-order chi connectivity index (χ0) is 14.0. The van der Waals surface area contributed by atoms with Crippen LogP contribution in [-0.4, -0.2) is 25.7 Å². The molecule has 0 aliphatic heterocycles. The van der Waals surface area contributed by atoms with Crippen molar-refractivity contribution in [3.8, 4) is 0 Å². The molecule has 106 valence electrons. The van der Waals surface area contributed by atoms with Crippen LogP contribution in [0, 0.1) is 11.6 Å². The molecule has 4 nitrogen and oxygen atoms in total. The summed E-state index contributed by atoms with van der Waals surface area (Å²) in [4.78, 5) is -0.963. The fraction of sp³-hybridized carbons (Fsp3) is 0.500. The van der Waals surface area contributed by atoms with Crippen LogP contribution in [0.25, 0.3) is 0 Å². The van der Waals surface area contributed by atoms with Gasteiger partial charge >= 0.3 is 0 Å². The molecule has 1 fully saturated rings. The van der Waals surface area contributed by atoms with E-state index in [0.29, 0.717) is 19.3 Å². The first-order valence-electron chi connectivity index (χ1n) is 6.04. The standard InChI is InChI=1S/C12H15F2NO3S/c13-10-5-2-6-11(14)12(10)19(17,18)15-8-3-1-4-9(16)7-8/h2,5-6,8-9,15-16H,1,3-4,7H2. The van der Waals surface area contributed by atoms with Crippen molar-refractivity contribution < 1.29 is 22.3 Å². The van der Waals surface area contributed by atoms with Crippen LogP contribution in [0.4, 0.5) is 8.78 Å². The Morgan fingerprint density at radius 1 is 1.21 bits per heavy atom. The van der Waals surface area contributed by atoms with Crippen molar-refractivity contribution in [2.75, 3.05) is 0 Å². The molecular formula is C12H15F2NO3S. The molecular weight excluding hydrogens is 276 g/mol. The van der Waals surface area contributed by atoms with Gasteiger partial charge in [0.15, 0.2) is 4.90 Å². The first kappa shape index (κ1) is 14.4. The summed E-state index contributed by atoms with van der Waals surface area (Å²) in [6, 6.07) is 2.40. The van der Waals surface area contributed by atoms with Crippen LogP contribution in [0.1, 0.15) is 25.7 Å². The number of hydrogen-bond acceptors (Lipinski definition) is 3. The number of nitrogens with one attached hydrogen (secondary N) is 1. The Bertz CT molecular complexity index is 542. The number of aliphatic hydroxyl groups excluding tert-OH is 1. The molecule has 0 amide bonds. The lowest BCUT2D eigenvalue weighted by molar-refractivity contribution is 0.117. The van der Waals surface area contributed by atoms with Crippen molar-refractivity contribution in [2.45, 2.75) is 42.7 Å². The average Bonchev–Trinajstić information content (AvgIpc) is 2.27. The summed E-state index contributed by atoms with van der Waals surface area (Å²) in [5, 5.41) is 9.47. The second kappa shape index (κ2) is 5.52. The largest absolute Gasteiger partial charge is 0.393 e. The molecule has 1 saturated carbocycles. The third-order valence-electron chi connectivity index (χ3n) is 3.16. The van der Waals surface area contributed by atoms with Gasteiger partial charge in [-0.2, -0.15) is 0 Å². The molecule has 2 rings (SSSR count). The van der Waals surface area contributed by atoms with Crippen LogP contribution in [0.15, 0.2) is 23.1 Å². The number of halogens is 2. The third kappa shape index (κ3) is 3.29.